The van der Waals surface area contributed by atoms with Crippen molar-refractivity contribution in [3.63, 3.8) is 0 Å². The van der Waals surface area contributed by atoms with Crippen LogP contribution in [0, 0.1) is 0 Å². The SMILES string of the molecule is CC1(c2ccccc2)NC(=O)N(CC(F)(F)F)C1=O. The lowest BCUT2D eigenvalue weighted by molar-refractivity contribution is -0.154. The molecule has 0 spiro atoms. The summed E-state index contributed by atoms with van der Waals surface area (Å²) >= 11 is 0. The van der Waals surface area contributed by atoms with E-state index < -0.39 is 30.2 Å². The van der Waals surface area contributed by atoms with Crippen molar-refractivity contribution in [1.29, 1.82) is 0 Å². The third kappa shape index (κ3) is 2.40. The normalized spacial score (nSPS) is 23.7. The molecular formula is C12H11F3N2O2. The van der Waals surface area contributed by atoms with Crippen molar-refractivity contribution in [2.75, 3.05) is 6.54 Å². The first-order valence-electron chi connectivity index (χ1n) is 5.50. The average Bonchev–Trinajstić information content (AvgIpc) is 2.54. The molecular weight excluding hydrogens is 261 g/mol. The molecule has 1 N–H and O–H groups in total. The Bertz CT molecular complexity index is 515. The molecule has 1 aliphatic rings. The molecule has 1 aliphatic heterocycles. The number of benzene rings is 1. The molecule has 7 heteroatoms. The van der Waals surface area contributed by atoms with Gasteiger partial charge in [0.15, 0.2) is 0 Å². The number of carbonyl (C=O) groups is 2. The molecule has 0 aliphatic carbocycles. The fraction of sp³-hybridized carbons (Fsp3) is 0.333. The van der Waals surface area contributed by atoms with Gasteiger partial charge in [-0.25, -0.2) is 4.79 Å². The van der Waals surface area contributed by atoms with E-state index in [4.69, 9.17) is 0 Å². The summed E-state index contributed by atoms with van der Waals surface area (Å²) in [5, 5.41) is 2.31. The second kappa shape index (κ2) is 4.25. The summed E-state index contributed by atoms with van der Waals surface area (Å²) < 4.78 is 37.0. The number of rotatable bonds is 2. The highest BCUT2D eigenvalue weighted by molar-refractivity contribution is 6.07. The molecule has 0 bridgehead atoms. The predicted molar refractivity (Wildman–Crippen MR) is 60.1 cm³/mol. The van der Waals surface area contributed by atoms with Gasteiger partial charge in [0, 0.05) is 0 Å². The highest BCUT2D eigenvalue weighted by Crippen LogP contribution is 2.30. The lowest BCUT2D eigenvalue weighted by Crippen LogP contribution is -2.42. The highest BCUT2D eigenvalue weighted by Gasteiger charge is 2.51. The van der Waals surface area contributed by atoms with Crippen LogP contribution in [0.1, 0.15) is 12.5 Å². The third-order valence-corrected chi connectivity index (χ3v) is 2.96. The predicted octanol–water partition coefficient (Wildman–Crippen LogP) is 2.02. The molecule has 1 aromatic rings. The number of amides is 3. The van der Waals surface area contributed by atoms with Gasteiger partial charge in [0.25, 0.3) is 5.91 Å². The Hall–Kier alpha value is -2.05. The van der Waals surface area contributed by atoms with Crippen LogP contribution in [-0.2, 0) is 10.3 Å². The lowest BCUT2D eigenvalue weighted by Gasteiger charge is -2.22. The number of urea groups is 1. The van der Waals surface area contributed by atoms with Crippen molar-refractivity contribution >= 4 is 11.9 Å². The van der Waals surface area contributed by atoms with E-state index >= 15 is 0 Å². The number of alkyl halides is 3. The van der Waals surface area contributed by atoms with Crippen LogP contribution in [0.3, 0.4) is 0 Å². The maximum Gasteiger partial charge on any atom is 0.406 e. The zero-order valence-corrected chi connectivity index (χ0v) is 9.99. The van der Waals surface area contributed by atoms with E-state index in [2.05, 4.69) is 5.32 Å². The number of carbonyl (C=O) groups excluding carboxylic acids is 2. The number of nitrogens with one attached hydrogen (secondary N) is 1. The van der Waals surface area contributed by atoms with Crippen molar-refractivity contribution in [3.05, 3.63) is 35.9 Å². The van der Waals surface area contributed by atoms with Gasteiger partial charge in [0.1, 0.15) is 12.1 Å². The van der Waals surface area contributed by atoms with Gasteiger partial charge in [-0.15, -0.1) is 0 Å². The van der Waals surface area contributed by atoms with Crippen LogP contribution < -0.4 is 5.32 Å². The van der Waals surface area contributed by atoms with Crippen LogP contribution in [0.4, 0.5) is 18.0 Å². The van der Waals surface area contributed by atoms with Gasteiger partial charge in [-0.1, -0.05) is 30.3 Å². The van der Waals surface area contributed by atoms with Gasteiger partial charge >= 0.3 is 12.2 Å². The van der Waals surface area contributed by atoms with Crippen LogP contribution in [0.2, 0.25) is 0 Å². The Labute approximate surface area is 107 Å². The molecule has 1 unspecified atom stereocenters. The molecule has 19 heavy (non-hydrogen) atoms. The van der Waals surface area contributed by atoms with Gasteiger partial charge in [-0.3, -0.25) is 9.69 Å². The first-order valence-corrected chi connectivity index (χ1v) is 5.50. The first-order chi connectivity index (χ1) is 8.74. The average molecular weight is 272 g/mol. The topological polar surface area (TPSA) is 49.4 Å². The minimum atomic E-state index is -4.62. The molecule has 0 aromatic heterocycles. The Morgan fingerprint density at radius 2 is 1.79 bits per heavy atom. The van der Waals surface area contributed by atoms with Gasteiger partial charge < -0.3 is 5.32 Å². The molecule has 4 nitrogen and oxygen atoms in total. The summed E-state index contributed by atoms with van der Waals surface area (Å²) in [6, 6.07) is 7.12. The van der Waals surface area contributed by atoms with Crippen LogP contribution >= 0.6 is 0 Å². The Morgan fingerprint density at radius 1 is 1.21 bits per heavy atom. The van der Waals surface area contributed by atoms with Gasteiger partial charge in [0.05, 0.1) is 0 Å². The first kappa shape index (κ1) is 13.4. The van der Waals surface area contributed by atoms with Gasteiger partial charge in [-0.05, 0) is 12.5 Å². The fourth-order valence-corrected chi connectivity index (χ4v) is 1.99. The van der Waals surface area contributed by atoms with Crippen molar-refractivity contribution < 1.29 is 22.8 Å². The largest absolute Gasteiger partial charge is 0.406 e. The van der Waals surface area contributed by atoms with Crippen LogP contribution in [0.5, 0.6) is 0 Å². The standard InChI is InChI=1S/C12H11F3N2O2/c1-11(8-5-3-2-4-6-8)9(18)17(10(19)16-11)7-12(13,14)15/h2-6H,7H2,1H3,(H,16,19). The lowest BCUT2D eigenvalue weighted by atomic mass is 9.92. The minimum Gasteiger partial charge on any atom is -0.319 e. The molecule has 2 rings (SSSR count). The fourth-order valence-electron chi connectivity index (χ4n) is 1.99. The summed E-state index contributed by atoms with van der Waals surface area (Å²) in [6.45, 7) is -0.195. The van der Waals surface area contributed by atoms with E-state index in [0.717, 1.165) is 0 Å². The summed E-state index contributed by atoms with van der Waals surface area (Å²) in [6.07, 6.45) is -4.62. The molecule has 102 valence electrons. The van der Waals surface area contributed by atoms with Gasteiger partial charge in [0.2, 0.25) is 0 Å². The van der Waals surface area contributed by atoms with E-state index in [9.17, 15) is 22.8 Å². The van der Waals surface area contributed by atoms with Crippen LogP contribution in [0.15, 0.2) is 30.3 Å². The monoisotopic (exact) mass is 272 g/mol. The maximum absolute atomic E-state index is 12.3. The molecule has 1 heterocycles. The summed E-state index contributed by atoms with van der Waals surface area (Å²) in [7, 11) is 0. The van der Waals surface area contributed by atoms with E-state index in [-0.39, 0.29) is 4.90 Å². The Morgan fingerprint density at radius 3 is 2.32 bits per heavy atom. The molecule has 3 amide bonds. The van der Waals surface area contributed by atoms with E-state index in [1.54, 1.807) is 30.3 Å². The molecule has 1 aromatic carbocycles. The molecule has 1 atom stereocenters. The number of imide groups is 1. The van der Waals surface area contributed by atoms with E-state index in [1.165, 1.54) is 6.92 Å². The van der Waals surface area contributed by atoms with Gasteiger partial charge in [-0.2, -0.15) is 13.2 Å². The molecule has 0 radical (unpaired) electrons. The number of hydrogen-bond acceptors (Lipinski definition) is 2. The minimum absolute atomic E-state index is 0.187. The molecule has 1 saturated heterocycles. The second-order valence-electron chi connectivity index (χ2n) is 4.43. The quantitative estimate of drug-likeness (QED) is 0.837. The van der Waals surface area contributed by atoms with Crippen LogP contribution in [0.25, 0.3) is 0 Å². The number of halogens is 3. The maximum atomic E-state index is 12.3. The summed E-state index contributed by atoms with van der Waals surface area (Å²) in [4.78, 5) is 23.8. The van der Waals surface area contributed by atoms with E-state index in [1.807, 2.05) is 0 Å². The van der Waals surface area contributed by atoms with Crippen molar-refractivity contribution in [1.82, 2.24) is 10.2 Å². The number of nitrogens with zero attached hydrogens (tertiary/aromatic N) is 1. The number of hydrogen-bond donors (Lipinski definition) is 1. The zero-order chi connectivity index (χ0) is 14.3. The van der Waals surface area contributed by atoms with Crippen LogP contribution in [-0.4, -0.2) is 29.6 Å². The Kier molecular flexibility index (Phi) is 3.00. The van der Waals surface area contributed by atoms with Crippen molar-refractivity contribution in [3.8, 4) is 0 Å². The van der Waals surface area contributed by atoms with Crippen molar-refractivity contribution in [2.24, 2.45) is 0 Å². The zero-order valence-electron chi connectivity index (χ0n) is 9.99. The Balaban J connectivity index is 2.32. The second-order valence-corrected chi connectivity index (χ2v) is 4.43. The van der Waals surface area contributed by atoms with Crippen molar-refractivity contribution in [2.45, 2.75) is 18.6 Å². The highest BCUT2D eigenvalue weighted by atomic mass is 19.4. The summed E-state index contributed by atoms with van der Waals surface area (Å²) in [5.74, 6) is -0.902. The molecule has 0 saturated carbocycles. The van der Waals surface area contributed by atoms with E-state index in [0.29, 0.717) is 5.56 Å². The molecule has 1 fully saturated rings. The smallest absolute Gasteiger partial charge is 0.319 e. The third-order valence-electron chi connectivity index (χ3n) is 2.96. The summed E-state index contributed by atoms with van der Waals surface area (Å²) in [5.41, 5.74) is -1.01.